The van der Waals surface area contributed by atoms with E-state index in [2.05, 4.69) is 27.3 Å². The summed E-state index contributed by atoms with van der Waals surface area (Å²) >= 11 is 3.23. The van der Waals surface area contributed by atoms with Crippen molar-refractivity contribution in [1.29, 1.82) is 0 Å². The van der Waals surface area contributed by atoms with Crippen molar-refractivity contribution in [3.63, 3.8) is 0 Å². The van der Waals surface area contributed by atoms with Crippen LogP contribution in [0.4, 0.5) is 10.1 Å². The molecule has 0 unspecified atom stereocenters. The van der Waals surface area contributed by atoms with E-state index in [1.807, 2.05) is 31.2 Å². The number of halogens is 2. The second-order valence-electron chi connectivity index (χ2n) is 3.97. The SMILES string of the molecule is Cc1cccc(CNc2ccc(Br)cc2F)c1. The Balaban J connectivity index is 2.07. The van der Waals surface area contributed by atoms with Gasteiger partial charge in [-0.2, -0.15) is 0 Å². The minimum absolute atomic E-state index is 0.243. The normalized spacial score (nSPS) is 10.3. The minimum Gasteiger partial charge on any atom is -0.379 e. The first-order valence-corrected chi connectivity index (χ1v) is 6.19. The van der Waals surface area contributed by atoms with Gasteiger partial charge in [-0.25, -0.2) is 4.39 Å². The van der Waals surface area contributed by atoms with Crippen molar-refractivity contribution < 1.29 is 4.39 Å². The lowest BCUT2D eigenvalue weighted by Gasteiger charge is -2.08. The molecule has 0 saturated heterocycles. The quantitative estimate of drug-likeness (QED) is 0.878. The fourth-order valence-electron chi connectivity index (χ4n) is 1.65. The zero-order valence-corrected chi connectivity index (χ0v) is 11.1. The van der Waals surface area contributed by atoms with E-state index in [0.29, 0.717) is 12.2 Å². The second kappa shape index (κ2) is 5.32. The Morgan fingerprint density at radius 2 is 2.00 bits per heavy atom. The van der Waals surface area contributed by atoms with Crippen molar-refractivity contribution in [2.45, 2.75) is 13.5 Å². The van der Waals surface area contributed by atoms with Crippen LogP contribution >= 0.6 is 15.9 Å². The summed E-state index contributed by atoms with van der Waals surface area (Å²) < 4.78 is 14.3. The first-order valence-electron chi connectivity index (χ1n) is 5.39. The van der Waals surface area contributed by atoms with Gasteiger partial charge in [-0.1, -0.05) is 45.8 Å². The standard InChI is InChI=1S/C14H13BrFN/c1-10-3-2-4-11(7-10)9-17-14-6-5-12(15)8-13(14)16/h2-8,17H,9H2,1H3. The molecular weight excluding hydrogens is 281 g/mol. The van der Waals surface area contributed by atoms with E-state index in [1.165, 1.54) is 11.6 Å². The number of hydrogen-bond acceptors (Lipinski definition) is 1. The molecule has 0 heterocycles. The van der Waals surface area contributed by atoms with Gasteiger partial charge in [-0.3, -0.25) is 0 Å². The molecule has 0 aliphatic carbocycles. The molecule has 0 atom stereocenters. The van der Waals surface area contributed by atoms with Crippen molar-refractivity contribution in [2.75, 3.05) is 5.32 Å². The van der Waals surface area contributed by atoms with Crippen LogP contribution in [0.3, 0.4) is 0 Å². The maximum Gasteiger partial charge on any atom is 0.147 e. The van der Waals surface area contributed by atoms with Gasteiger partial charge >= 0.3 is 0 Å². The van der Waals surface area contributed by atoms with Gasteiger partial charge in [0.1, 0.15) is 5.82 Å². The van der Waals surface area contributed by atoms with Crippen molar-refractivity contribution in [3.8, 4) is 0 Å². The second-order valence-corrected chi connectivity index (χ2v) is 4.88. The Morgan fingerprint density at radius 3 is 2.71 bits per heavy atom. The van der Waals surface area contributed by atoms with Crippen LogP contribution < -0.4 is 5.32 Å². The third-order valence-electron chi connectivity index (χ3n) is 2.50. The molecule has 0 fully saturated rings. The average molecular weight is 294 g/mol. The summed E-state index contributed by atoms with van der Waals surface area (Å²) in [6.45, 7) is 2.67. The molecule has 1 nitrogen and oxygen atoms in total. The fraction of sp³-hybridized carbons (Fsp3) is 0.143. The highest BCUT2D eigenvalue weighted by molar-refractivity contribution is 9.10. The monoisotopic (exact) mass is 293 g/mol. The number of hydrogen-bond donors (Lipinski definition) is 1. The largest absolute Gasteiger partial charge is 0.379 e. The first-order chi connectivity index (χ1) is 8.15. The number of anilines is 1. The van der Waals surface area contributed by atoms with Crippen molar-refractivity contribution in [3.05, 3.63) is 63.9 Å². The van der Waals surface area contributed by atoms with E-state index < -0.39 is 0 Å². The molecule has 0 saturated carbocycles. The number of rotatable bonds is 3. The first kappa shape index (κ1) is 12.1. The summed E-state index contributed by atoms with van der Waals surface area (Å²) in [6, 6.07) is 13.2. The summed E-state index contributed by atoms with van der Waals surface area (Å²) in [4.78, 5) is 0. The third kappa shape index (κ3) is 3.30. The highest BCUT2D eigenvalue weighted by atomic mass is 79.9. The number of nitrogens with one attached hydrogen (secondary N) is 1. The van der Waals surface area contributed by atoms with Gasteiger partial charge in [-0.15, -0.1) is 0 Å². The van der Waals surface area contributed by atoms with E-state index in [0.717, 1.165) is 10.0 Å². The molecule has 2 aromatic rings. The Hall–Kier alpha value is -1.35. The smallest absolute Gasteiger partial charge is 0.147 e. The minimum atomic E-state index is -0.243. The predicted octanol–water partition coefficient (Wildman–Crippen LogP) is 4.51. The van der Waals surface area contributed by atoms with Gasteiger partial charge < -0.3 is 5.32 Å². The van der Waals surface area contributed by atoms with Crippen molar-refractivity contribution in [2.24, 2.45) is 0 Å². The summed E-state index contributed by atoms with van der Waals surface area (Å²) in [5.41, 5.74) is 2.88. The molecule has 17 heavy (non-hydrogen) atoms. The Bertz CT molecular complexity index is 525. The van der Waals surface area contributed by atoms with Crippen LogP contribution in [0.25, 0.3) is 0 Å². The topological polar surface area (TPSA) is 12.0 Å². The summed E-state index contributed by atoms with van der Waals surface area (Å²) in [7, 11) is 0. The summed E-state index contributed by atoms with van der Waals surface area (Å²) in [5, 5.41) is 3.09. The van der Waals surface area contributed by atoms with E-state index in [9.17, 15) is 4.39 Å². The molecule has 3 heteroatoms. The van der Waals surface area contributed by atoms with Gasteiger partial charge in [-0.05, 0) is 30.7 Å². The maximum atomic E-state index is 13.5. The van der Waals surface area contributed by atoms with Crippen molar-refractivity contribution >= 4 is 21.6 Å². The lowest BCUT2D eigenvalue weighted by atomic mass is 10.1. The highest BCUT2D eigenvalue weighted by Gasteiger charge is 2.02. The van der Waals surface area contributed by atoms with Crippen LogP contribution in [0.5, 0.6) is 0 Å². The molecule has 1 N–H and O–H groups in total. The Kier molecular flexibility index (Phi) is 3.79. The third-order valence-corrected chi connectivity index (χ3v) is 2.99. The lowest BCUT2D eigenvalue weighted by Crippen LogP contribution is -2.01. The summed E-state index contributed by atoms with van der Waals surface area (Å²) in [6.07, 6.45) is 0. The van der Waals surface area contributed by atoms with Gasteiger partial charge in [0.05, 0.1) is 5.69 Å². The van der Waals surface area contributed by atoms with Gasteiger partial charge in [0, 0.05) is 11.0 Å². The average Bonchev–Trinajstić information content (AvgIpc) is 2.28. The lowest BCUT2D eigenvalue weighted by molar-refractivity contribution is 0.629. The van der Waals surface area contributed by atoms with Crippen LogP contribution in [0, 0.1) is 12.7 Å². The van der Waals surface area contributed by atoms with Gasteiger partial charge in [0.2, 0.25) is 0 Å². The molecule has 0 aromatic heterocycles. The maximum absolute atomic E-state index is 13.5. The van der Waals surface area contributed by atoms with Gasteiger partial charge in [0.25, 0.3) is 0 Å². The molecule has 0 amide bonds. The molecule has 0 radical (unpaired) electrons. The van der Waals surface area contributed by atoms with Gasteiger partial charge in [0.15, 0.2) is 0 Å². The zero-order valence-electron chi connectivity index (χ0n) is 9.50. The molecule has 88 valence electrons. The van der Waals surface area contributed by atoms with Crippen molar-refractivity contribution in [1.82, 2.24) is 0 Å². The van der Waals surface area contributed by atoms with Crippen LogP contribution in [0.1, 0.15) is 11.1 Å². The van der Waals surface area contributed by atoms with E-state index >= 15 is 0 Å². The molecule has 0 aliphatic rings. The summed E-state index contributed by atoms with van der Waals surface area (Å²) in [5.74, 6) is -0.243. The molecule has 0 bridgehead atoms. The van der Waals surface area contributed by atoms with Crippen LogP contribution in [-0.4, -0.2) is 0 Å². The highest BCUT2D eigenvalue weighted by Crippen LogP contribution is 2.20. The fourth-order valence-corrected chi connectivity index (χ4v) is 1.99. The Labute approximate surface area is 109 Å². The molecule has 2 aromatic carbocycles. The predicted molar refractivity (Wildman–Crippen MR) is 72.6 cm³/mol. The zero-order chi connectivity index (χ0) is 12.3. The Morgan fingerprint density at radius 1 is 1.18 bits per heavy atom. The number of aryl methyl sites for hydroxylation is 1. The van der Waals surface area contributed by atoms with E-state index in [-0.39, 0.29) is 5.82 Å². The van der Waals surface area contributed by atoms with E-state index in [1.54, 1.807) is 6.07 Å². The van der Waals surface area contributed by atoms with Crippen LogP contribution in [-0.2, 0) is 6.54 Å². The van der Waals surface area contributed by atoms with E-state index in [4.69, 9.17) is 0 Å². The number of benzene rings is 2. The van der Waals surface area contributed by atoms with Crippen LogP contribution in [0.2, 0.25) is 0 Å². The van der Waals surface area contributed by atoms with Crippen LogP contribution in [0.15, 0.2) is 46.9 Å². The molecular formula is C14H13BrFN. The molecule has 0 spiro atoms. The molecule has 2 rings (SSSR count). The molecule has 0 aliphatic heterocycles.